The smallest absolute Gasteiger partial charge is 0.300 e. The van der Waals surface area contributed by atoms with Crippen molar-refractivity contribution in [1.82, 2.24) is 4.98 Å². The Labute approximate surface area is 221 Å². The number of carbonyl (C=O) groups excluding carboxylic acids is 2. The van der Waals surface area contributed by atoms with Gasteiger partial charge >= 0.3 is 0 Å². The first-order valence-corrected chi connectivity index (χ1v) is 12.0. The molecule has 0 radical (unpaired) electrons. The maximum Gasteiger partial charge on any atom is 0.300 e. The number of aromatic amines is 1. The molecule has 1 unspecified atom stereocenters. The number of Topliss-reactive ketones (excluding diaryl/α,β-unsaturated/α-hetero) is 1. The number of nitrogens with zero attached hydrogens (tertiary/aromatic N) is 1. The van der Waals surface area contributed by atoms with Gasteiger partial charge in [0.1, 0.15) is 11.5 Å². The fraction of sp³-hybridized carbons (Fsp3) is 0.111. The molecule has 2 N–H and O–H groups in total. The number of aliphatic hydroxyl groups is 1. The first-order chi connectivity index (χ1) is 17.2. The SMILES string of the molecule is COc1c(Cl)cc(Cl)cc1/C(O)=C1\C(=O)C(=O)N(c2cccc(Cl)c2)C1c1c(C)[nH]c2ccccc12. The van der Waals surface area contributed by atoms with Crippen LogP contribution in [0.2, 0.25) is 15.1 Å². The summed E-state index contributed by atoms with van der Waals surface area (Å²) in [5.41, 5.74) is 2.61. The Bertz CT molecular complexity index is 1590. The number of carbonyl (C=O) groups is 2. The number of para-hydroxylation sites is 1. The van der Waals surface area contributed by atoms with E-state index in [1.807, 2.05) is 31.2 Å². The average molecular weight is 542 g/mol. The summed E-state index contributed by atoms with van der Waals surface area (Å²) in [5, 5.41) is 13.1. The van der Waals surface area contributed by atoms with E-state index in [1.54, 1.807) is 24.3 Å². The maximum atomic E-state index is 13.6. The molecule has 1 aromatic heterocycles. The monoisotopic (exact) mass is 540 g/mol. The second kappa shape index (κ2) is 9.21. The Balaban J connectivity index is 1.86. The van der Waals surface area contributed by atoms with Crippen LogP contribution in [0, 0.1) is 6.92 Å². The summed E-state index contributed by atoms with van der Waals surface area (Å²) in [5.74, 6) is -1.99. The second-order valence-electron chi connectivity index (χ2n) is 8.33. The van der Waals surface area contributed by atoms with Gasteiger partial charge in [0.2, 0.25) is 0 Å². The van der Waals surface area contributed by atoms with Gasteiger partial charge in [0.25, 0.3) is 11.7 Å². The van der Waals surface area contributed by atoms with Crippen LogP contribution in [0.15, 0.2) is 66.2 Å². The molecule has 1 saturated heterocycles. The lowest BCUT2D eigenvalue weighted by atomic mass is 9.93. The molecule has 2 heterocycles. The number of ketones is 1. The Morgan fingerprint density at radius 1 is 1.00 bits per heavy atom. The summed E-state index contributed by atoms with van der Waals surface area (Å²) < 4.78 is 5.40. The highest BCUT2D eigenvalue weighted by molar-refractivity contribution is 6.52. The van der Waals surface area contributed by atoms with Crippen molar-refractivity contribution >= 4 is 68.8 Å². The van der Waals surface area contributed by atoms with Crippen molar-refractivity contribution in [3.8, 4) is 5.75 Å². The second-order valence-corrected chi connectivity index (χ2v) is 9.61. The summed E-state index contributed by atoms with van der Waals surface area (Å²) in [4.78, 5) is 31.7. The number of amides is 1. The van der Waals surface area contributed by atoms with Crippen LogP contribution in [0.25, 0.3) is 16.7 Å². The molecule has 5 rings (SSSR count). The molecule has 1 amide bonds. The zero-order valence-corrected chi connectivity index (χ0v) is 21.4. The number of aliphatic hydroxyl groups excluding tert-OH is 1. The van der Waals surface area contributed by atoms with Gasteiger partial charge in [-0.3, -0.25) is 14.5 Å². The minimum absolute atomic E-state index is 0.0987. The van der Waals surface area contributed by atoms with E-state index in [1.165, 1.54) is 24.1 Å². The lowest BCUT2D eigenvalue weighted by Gasteiger charge is -2.26. The maximum absolute atomic E-state index is 13.6. The highest BCUT2D eigenvalue weighted by atomic mass is 35.5. The first kappa shape index (κ1) is 24.3. The van der Waals surface area contributed by atoms with Crippen molar-refractivity contribution in [2.75, 3.05) is 12.0 Å². The largest absolute Gasteiger partial charge is 0.507 e. The highest BCUT2D eigenvalue weighted by Crippen LogP contribution is 2.47. The molecule has 0 saturated carbocycles. The number of aromatic nitrogens is 1. The van der Waals surface area contributed by atoms with E-state index in [4.69, 9.17) is 39.5 Å². The zero-order chi connectivity index (χ0) is 25.7. The molecular weight excluding hydrogens is 523 g/mol. The van der Waals surface area contributed by atoms with Crippen LogP contribution in [0.3, 0.4) is 0 Å². The van der Waals surface area contributed by atoms with Gasteiger partial charge in [0.15, 0.2) is 0 Å². The summed E-state index contributed by atoms with van der Waals surface area (Å²) in [6.07, 6.45) is 0. The van der Waals surface area contributed by atoms with Crippen LogP contribution in [-0.4, -0.2) is 28.9 Å². The molecule has 1 aliphatic heterocycles. The Morgan fingerprint density at radius 2 is 1.75 bits per heavy atom. The molecule has 182 valence electrons. The van der Waals surface area contributed by atoms with Gasteiger partial charge in [0, 0.05) is 37.9 Å². The first-order valence-electron chi connectivity index (χ1n) is 10.9. The zero-order valence-electron chi connectivity index (χ0n) is 19.1. The molecule has 1 aliphatic rings. The average Bonchev–Trinajstić information content (AvgIpc) is 3.30. The molecule has 4 aromatic rings. The number of methoxy groups -OCH3 is 1. The van der Waals surface area contributed by atoms with E-state index in [-0.39, 0.29) is 26.9 Å². The number of rotatable bonds is 4. The quantitative estimate of drug-likeness (QED) is 0.164. The third-order valence-corrected chi connectivity index (χ3v) is 6.95. The van der Waals surface area contributed by atoms with E-state index in [9.17, 15) is 14.7 Å². The molecule has 0 bridgehead atoms. The van der Waals surface area contributed by atoms with Crippen LogP contribution in [0.1, 0.15) is 22.9 Å². The minimum Gasteiger partial charge on any atom is -0.507 e. The van der Waals surface area contributed by atoms with E-state index in [2.05, 4.69) is 4.98 Å². The predicted molar refractivity (Wildman–Crippen MR) is 142 cm³/mol. The molecular formula is C27H19Cl3N2O4. The fourth-order valence-electron chi connectivity index (χ4n) is 4.74. The van der Waals surface area contributed by atoms with Gasteiger partial charge in [0.05, 0.1) is 29.3 Å². The van der Waals surface area contributed by atoms with E-state index in [0.717, 1.165) is 16.6 Å². The van der Waals surface area contributed by atoms with Crippen molar-refractivity contribution in [2.45, 2.75) is 13.0 Å². The van der Waals surface area contributed by atoms with Gasteiger partial charge in [-0.1, -0.05) is 59.1 Å². The number of halogens is 3. The Kier molecular flexibility index (Phi) is 6.20. The van der Waals surface area contributed by atoms with E-state index in [0.29, 0.717) is 16.3 Å². The van der Waals surface area contributed by atoms with Gasteiger partial charge in [-0.2, -0.15) is 0 Å². The number of hydrogen-bond donors (Lipinski definition) is 2. The van der Waals surface area contributed by atoms with Gasteiger partial charge in [-0.05, 0) is 43.3 Å². The summed E-state index contributed by atoms with van der Waals surface area (Å²) in [6.45, 7) is 1.85. The Morgan fingerprint density at radius 3 is 2.47 bits per heavy atom. The summed E-state index contributed by atoms with van der Waals surface area (Å²) in [6, 6.07) is 16.1. The Hall–Kier alpha value is -3.45. The molecule has 0 aliphatic carbocycles. The van der Waals surface area contributed by atoms with Crippen LogP contribution in [-0.2, 0) is 9.59 Å². The molecule has 1 fully saturated rings. The van der Waals surface area contributed by atoms with Crippen LogP contribution in [0.5, 0.6) is 5.75 Å². The number of H-pyrrole nitrogens is 1. The molecule has 9 heteroatoms. The number of benzene rings is 3. The normalized spacial score (nSPS) is 17.2. The number of fused-ring (bicyclic) bond motifs is 1. The fourth-order valence-corrected chi connectivity index (χ4v) is 5.49. The van der Waals surface area contributed by atoms with Crippen molar-refractivity contribution in [3.63, 3.8) is 0 Å². The van der Waals surface area contributed by atoms with Crippen molar-refractivity contribution < 1.29 is 19.4 Å². The number of ether oxygens (including phenoxy) is 1. The lowest BCUT2D eigenvalue weighted by molar-refractivity contribution is -0.132. The summed E-state index contributed by atoms with van der Waals surface area (Å²) >= 11 is 18.8. The third-order valence-electron chi connectivity index (χ3n) is 6.22. The van der Waals surface area contributed by atoms with E-state index < -0.39 is 23.5 Å². The highest BCUT2D eigenvalue weighted by Gasteiger charge is 2.48. The molecule has 36 heavy (non-hydrogen) atoms. The third kappa shape index (κ3) is 3.82. The van der Waals surface area contributed by atoms with Gasteiger partial charge in [-0.15, -0.1) is 0 Å². The lowest BCUT2D eigenvalue weighted by Crippen LogP contribution is -2.29. The molecule has 6 nitrogen and oxygen atoms in total. The van der Waals surface area contributed by atoms with Gasteiger partial charge < -0.3 is 14.8 Å². The van der Waals surface area contributed by atoms with Gasteiger partial charge in [-0.25, -0.2) is 0 Å². The molecule has 0 spiro atoms. The van der Waals surface area contributed by atoms with Crippen LogP contribution >= 0.6 is 34.8 Å². The molecule has 3 aromatic carbocycles. The van der Waals surface area contributed by atoms with Crippen LogP contribution in [0.4, 0.5) is 5.69 Å². The number of anilines is 1. The number of nitrogens with one attached hydrogen (secondary N) is 1. The van der Waals surface area contributed by atoms with Crippen molar-refractivity contribution in [3.05, 3.63) is 98.1 Å². The minimum atomic E-state index is -0.970. The van der Waals surface area contributed by atoms with Crippen LogP contribution < -0.4 is 9.64 Å². The van der Waals surface area contributed by atoms with Crippen molar-refractivity contribution in [2.24, 2.45) is 0 Å². The van der Waals surface area contributed by atoms with E-state index >= 15 is 0 Å². The predicted octanol–water partition coefficient (Wildman–Crippen LogP) is 7.07. The standard InChI is InChI=1S/C27H19Cl3N2O4/c1-13-21(17-8-3-4-9-20(17)31-13)23-22(24(33)18-11-15(29)12-19(30)26(18)36-2)25(34)27(35)32(23)16-7-5-6-14(28)10-16/h3-12,23,31,33H,1-2H3/b24-22+. The summed E-state index contributed by atoms with van der Waals surface area (Å²) in [7, 11) is 1.39. The molecule has 1 atom stereocenters. The van der Waals surface area contributed by atoms with Crippen molar-refractivity contribution in [1.29, 1.82) is 0 Å². The topological polar surface area (TPSA) is 82.6 Å². The number of aryl methyl sites for hydroxylation is 1. The number of hydrogen-bond acceptors (Lipinski definition) is 4.